The molecule has 5 aromatic rings. The van der Waals surface area contributed by atoms with Gasteiger partial charge in [-0.1, -0.05) is 32.0 Å². The summed E-state index contributed by atoms with van der Waals surface area (Å²) in [4.78, 5) is 27.8. The number of carbonyl (C=O) groups is 1. The Labute approximate surface area is 206 Å². The minimum Gasteiger partial charge on any atom is -0.451 e. The number of nitrogens with one attached hydrogen (secondary N) is 1. The van der Waals surface area contributed by atoms with Gasteiger partial charge in [-0.15, -0.1) is 0 Å². The van der Waals surface area contributed by atoms with Gasteiger partial charge >= 0.3 is 0 Å². The lowest BCUT2D eigenvalue weighted by Gasteiger charge is -2.07. The van der Waals surface area contributed by atoms with Gasteiger partial charge in [-0.05, 0) is 66.4 Å². The number of fused-ring (bicyclic) bond motifs is 1. The van der Waals surface area contributed by atoms with E-state index in [1.54, 1.807) is 30.3 Å². The molecule has 0 unspecified atom stereocenters. The highest BCUT2D eigenvalue weighted by Crippen LogP contribution is 2.29. The van der Waals surface area contributed by atoms with Crippen molar-refractivity contribution in [3.8, 4) is 22.8 Å². The van der Waals surface area contributed by atoms with Gasteiger partial charge < -0.3 is 14.2 Å². The van der Waals surface area contributed by atoms with Crippen LogP contribution in [0, 0.1) is 10.1 Å². The first-order chi connectivity index (χ1) is 17.4. The third-order valence-electron chi connectivity index (χ3n) is 6.15. The van der Waals surface area contributed by atoms with Crippen LogP contribution >= 0.6 is 0 Å². The normalized spacial score (nSPS) is 11.9. The highest BCUT2D eigenvalue weighted by atomic mass is 16.6. The zero-order chi connectivity index (χ0) is 25.2. The van der Waals surface area contributed by atoms with Gasteiger partial charge in [0.15, 0.2) is 11.3 Å². The second kappa shape index (κ2) is 9.50. The Bertz CT molecular complexity index is 1570. The third kappa shape index (κ3) is 4.61. The molecule has 0 saturated heterocycles. The Balaban J connectivity index is 1.30. The van der Waals surface area contributed by atoms with Gasteiger partial charge in [0.25, 0.3) is 11.6 Å². The first kappa shape index (κ1) is 23.0. The number of rotatable bonds is 7. The number of nitro groups is 1. The number of hydrogen-bond donors (Lipinski definition) is 1. The van der Waals surface area contributed by atoms with E-state index in [9.17, 15) is 14.9 Å². The maximum absolute atomic E-state index is 12.7. The average molecular weight is 482 g/mol. The molecule has 1 amide bonds. The summed E-state index contributed by atoms with van der Waals surface area (Å²) in [6.45, 7) is 4.35. The highest BCUT2D eigenvalue weighted by Gasteiger charge is 2.15. The number of oxazole rings is 1. The molecule has 2 aromatic heterocycles. The lowest BCUT2D eigenvalue weighted by atomic mass is 9.98. The summed E-state index contributed by atoms with van der Waals surface area (Å²) in [7, 11) is 0. The van der Waals surface area contributed by atoms with Crippen molar-refractivity contribution >= 4 is 28.4 Å². The number of nitrogens with zero attached hydrogens (tertiary/aromatic N) is 2. The summed E-state index contributed by atoms with van der Waals surface area (Å²) in [5, 5.41) is 13.8. The maximum Gasteiger partial charge on any atom is 0.291 e. The number of benzene rings is 3. The average Bonchev–Trinajstić information content (AvgIpc) is 3.56. The maximum atomic E-state index is 12.7. The summed E-state index contributed by atoms with van der Waals surface area (Å²) in [5.74, 6) is 0.993. The van der Waals surface area contributed by atoms with Gasteiger partial charge in [-0.25, -0.2) is 4.98 Å². The van der Waals surface area contributed by atoms with Crippen LogP contribution in [0.1, 0.15) is 42.3 Å². The molecule has 0 bridgehead atoms. The predicted molar refractivity (Wildman–Crippen MR) is 137 cm³/mol. The van der Waals surface area contributed by atoms with E-state index in [1.807, 2.05) is 18.2 Å². The van der Waals surface area contributed by atoms with Crippen molar-refractivity contribution in [2.75, 3.05) is 5.32 Å². The molecule has 1 N–H and O–H groups in total. The van der Waals surface area contributed by atoms with Crippen LogP contribution in [0.4, 0.5) is 11.4 Å². The molecule has 0 fully saturated rings. The molecule has 0 spiro atoms. The number of furan rings is 1. The van der Waals surface area contributed by atoms with Crippen LogP contribution in [0.3, 0.4) is 0 Å². The Morgan fingerprint density at radius 1 is 1.00 bits per heavy atom. The molecule has 8 nitrogen and oxygen atoms in total. The lowest BCUT2D eigenvalue weighted by molar-refractivity contribution is -0.384. The van der Waals surface area contributed by atoms with E-state index in [1.165, 1.54) is 23.8 Å². The molecule has 3 aromatic carbocycles. The fourth-order valence-electron chi connectivity index (χ4n) is 3.89. The number of nitro benzene ring substituents is 1. The number of non-ortho nitro benzene ring substituents is 1. The topological polar surface area (TPSA) is 111 Å². The van der Waals surface area contributed by atoms with Crippen LogP contribution in [0.25, 0.3) is 33.9 Å². The quantitative estimate of drug-likeness (QED) is 0.191. The Morgan fingerprint density at radius 2 is 1.81 bits per heavy atom. The van der Waals surface area contributed by atoms with Crippen LogP contribution in [-0.2, 0) is 0 Å². The number of amides is 1. The molecular formula is C28H23N3O5. The van der Waals surface area contributed by atoms with E-state index in [4.69, 9.17) is 8.83 Å². The SMILES string of the molecule is CC[C@@H](C)c1ccc2oc(-c3ccc(NC(=O)c4ccc(-c5cccc([N+](=O)[O-])c5)o4)cc3)nc2c1. The van der Waals surface area contributed by atoms with Gasteiger partial charge in [-0.3, -0.25) is 14.9 Å². The van der Waals surface area contributed by atoms with Crippen molar-refractivity contribution in [3.05, 3.63) is 100 Å². The second-order valence-electron chi connectivity index (χ2n) is 8.56. The molecular weight excluding hydrogens is 458 g/mol. The minimum absolute atomic E-state index is 0.0510. The summed E-state index contributed by atoms with van der Waals surface area (Å²) >= 11 is 0. The van der Waals surface area contributed by atoms with Crippen molar-refractivity contribution in [2.45, 2.75) is 26.2 Å². The highest BCUT2D eigenvalue weighted by molar-refractivity contribution is 6.02. The van der Waals surface area contributed by atoms with Gasteiger partial charge in [-0.2, -0.15) is 0 Å². The molecule has 2 heterocycles. The van der Waals surface area contributed by atoms with Crippen LogP contribution in [0.5, 0.6) is 0 Å². The van der Waals surface area contributed by atoms with Crippen molar-refractivity contribution in [1.29, 1.82) is 0 Å². The van der Waals surface area contributed by atoms with E-state index in [0.717, 1.165) is 23.1 Å². The minimum atomic E-state index is -0.477. The standard InChI is InChI=1S/C28H23N3O5/c1-3-17(2)19-9-12-25-23(16-19)30-28(36-25)18-7-10-21(11-8-18)29-27(32)26-14-13-24(35-26)20-5-4-6-22(15-20)31(33)34/h4-17H,3H2,1-2H3,(H,29,32)/t17-/m1/s1. The van der Waals surface area contributed by atoms with Crippen LogP contribution in [0.15, 0.2) is 87.7 Å². The number of hydrogen-bond acceptors (Lipinski definition) is 6. The molecule has 0 aliphatic rings. The van der Waals surface area contributed by atoms with Gasteiger partial charge in [0.1, 0.15) is 11.3 Å². The summed E-state index contributed by atoms with van der Waals surface area (Å²) < 4.78 is 11.6. The molecule has 0 radical (unpaired) electrons. The van der Waals surface area contributed by atoms with Gasteiger partial charge in [0.2, 0.25) is 5.89 Å². The fraction of sp³-hybridized carbons (Fsp3) is 0.143. The van der Waals surface area contributed by atoms with E-state index < -0.39 is 10.8 Å². The second-order valence-corrected chi connectivity index (χ2v) is 8.56. The molecule has 36 heavy (non-hydrogen) atoms. The largest absolute Gasteiger partial charge is 0.451 e. The molecule has 0 aliphatic heterocycles. The first-order valence-electron chi connectivity index (χ1n) is 11.6. The number of anilines is 1. The summed E-state index contributed by atoms with van der Waals surface area (Å²) in [5.41, 5.74) is 4.61. The number of aromatic nitrogens is 1. The summed E-state index contributed by atoms with van der Waals surface area (Å²) in [6.07, 6.45) is 1.05. The zero-order valence-electron chi connectivity index (χ0n) is 19.7. The number of carbonyl (C=O) groups excluding carboxylic acids is 1. The monoisotopic (exact) mass is 481 g/mol. The van der Waals surface area contributed by atoms with E-state index in [0.29, 0.717) is 28.8 Å². The zero-order valence-corrected chi connectivity index (χ0v) is 19.7. The van der Waals surface area contributed by atoms with Crippen LogP contribution < -0.4 is 5.32 Å². The Kier molecular flexibility index (Phi) is 6.08. The van der Waals surface area contributed by atoms with Crippen molar-refractivity contribution in [3.63, 3.8) is 0 Å². The molecule has 1 atom stereocenters. The van der Waals surface area contributed by atoms with Crippen molar-refractivity contribution in [2.24, 2.45) is 0 Å². The van der Waals surface area contributed by atoms with E-state index >= 15 is 0 Å². The molecule has 180 valence electrons. The molecule has 5 rings (SSSR count). The van der Waals surface area contributed by atoms with Crippen molar-refractivity contribution < 1.29 is 18.6 Å². The van der Waals surface area contributed by atoms with Crippen LogP contribution in [-0.4, -0.2) is 15.8 Å². The Hall–Kier alpha value is -4.72. The molecule has 0 aliphatic carbocycles. The van der Waals surface area contributed by atoms with Crippen LogP contribution in [0.2, 0.25) is 0 Å². The Morgan fingerprint density at radius 3 is 2.56 bits per heavy atom. The summed E-state index contributed by atoms with van der Waals surface area (Å²) in [6, 6.07) is 22.5. The molecule has 0 saturated carbocycles. The first-order valence-corrected chi connectivity index (χ1v) is 11.6. The van der Waals surface area contributed by atoms with Gasteiger partial charge in [0.05, 0.1) is 4.92 Å². The van der Waals surface area contributed by atoms with E-state index in [2.05, 4.69) is 36.3 Å². The fourth-order valence-corrected chi connectivity index (χ4v) is 3.89. The van der Waals surface area contributed by atoms with E-state index in [-0.39, 0.29) is 11.4 Å². The van der Waals surface area contributed by atoms with Gasteiger partial charge in [0, 0.05) is 28.9 Å². The lowest BCUT2D eigenvalue weighted by Crippen LogP contribution is -2.10. The molecule has 8 heteroatoms. The predicted octanol–water partition coefficient (Wildman–Crippen LogP) is 7.43. The van der Waals surface area contributed by atoms with Crippen molar-refractivity contribution in [1.82, 2.24) is 4.98 Å². The third-order valence-corrected chi connectivity index (χ3v) is 6.15. The smallest absolute Gasteiger partial charge is 0.291 e.